The number of halogens is 1. The molecule has 0 radical (unpaired) electrons. The maximum Gasteiger partial charge on any atom is 0.250 e. The lowest BCUT2D eigenvalue weighted by Gasteiger charge is -2.06. The van der Waals surface area contributed by atoms with E-state index >= 15 is 0 Å². The highest BCUT2D eigenvalue weighted by Crippen LogP contribution is 2.16. The van der Waals surface area contributed by atoms with Crippen molar-refractivity contribution in [3.05, 3.63) is 0 Å². The lowest BCUT2D eigenvalue weighted by molar-refractivity contribution is 0.618. The molecule has 0 aromatic rings. The van der Waals surface area contributed by atoms with Crippen LogP contribution in [0.1, 0.15) is 90.9 Å². The molecule has 18 heavy (non-hydrogen) atoms. The molecule has 0 aliphatic rings. The van der Waals surface area contributed by atoms with Gasteiger partial charge in [-0.2, -0.15) is 11.5 Å². The Morgan fingerprint density at radius 1 is 0.556 bits per heavy atom. The fourth-order valence-corrected chi connectivity index (χ4v) is 2.75. The number of unbranched alkanes of at least 4 members (excludes halogenated alkanes) is 10. The molecule has 0 heterocycles. The molecular formula is C16H34BCl. The normalized spacial score (nSPS) is 10.8. The Morgan fingerprint density at radius 3 is 1.28 bits per heavy atom. The fraction of sp³-hybridized carbons (Fsp3) is 1.00. The molecule has 0 aromatic heterocycles. The van der Waals surface area contributed by atoms with Gasteiger partial charge in [-0.3, -0.25) is 0 Å². The van der Waals surface area contributed by atoms with Crippen molar-refractivity contribution in [2.24, 2.45) is 0 Å². The molecule has 0 saturated carbocycles. The molecule has 0 spiro atoms. The smallest absolute Gasteiger partial charge is 0.196 e. The Bertz CT molecular complexity index is 134. The van der Waals surface area contributed by atoms with Crippen molar-refractivity contribution in [3.8, 4) is 0 Å². The first-order chi connectivity index (χ1) is 8.81. The van der Waals surface area contributed by atoms with Crippen LogP contribution in [0.4, 0.5) is 0 Å². The molecule has 0 fully saturated rings. The minimum atomic E-state index is 0.447. The van der Waals surface area contributed by atoms with Gasteiger partial charge in [0.1, 0.15) is 0 Å². The van der Waals surface area contributed by atoms with Crippen LogP contribution in [-0.4, -0.2) is 6.13 Å². The third kappa shape index (κ3) is 14.4. The minimum absolute atomic E-state index is 0.447. The van der Waals surface area contributed by atoms with Gasteiger partial charge in [-0.25, -0.2) is 0 Å². The summed E-state index contributed by atoms with van der Waals surface area (Å²) >= 11 is 6.36. The van der Waals surface area contributed by atoms with Gasteiger partial charge >= 0.3 is 0 Å². The Kier molecular flexibility index (Phi) is 15.7. The molecule has 0 unspecified atom stereocenters. The van der Waals surface area contributed by atoms with Gasteiger partial charge in [0.15, 0.2) is 0 Å². The SMILES string of the molecule is CCCCCCCCB(Cl)CCCCCCCC. The third-order valence-corrected chi connectivity index (χ3v) is 4.18. The first-order valence-electron chi connectivity index (χ1n) is 8.45. The van der Waals surface area contributed by atoms with E-state index in [1.54, 1.807) is 0 Å². The predicted octanol–water partition coefficient (Wildman–Crippen LogP) is 6.94. The van der Waals surface area contributed by atoms with Gasteiger partial charge in [0.2, 0.25) is 0 Å². The largest absolute Gasteiger partial charge is 0.250 e. The van der Waals surface area contributed by atoms with Crippen LogP contribution in [-0.2, 0) is 0 Å². The molecule has 0 amide bonds. The second-order valence-electron chi connectivity index (χ2n) is 5.71. The van der Waals surface area contributed by atoms with E-state index in [0.717, 1.165) is 0 Å². The summed E-state index contributed by atoms with van der Waals surface area (Å²) < 4.78 is 0. The minimum Gasteiger partial charge on any atom is -0.196 e. The summed E-state index contributed by atoms with van der Waals surface area (Å²) in [4.78, 5) is 0. The van der Waals surface area contributed by atoms with Crippen molar-refractivity contribution in [1.82, 2.24) is 0 Å². The molecule has 0 aliphatic heterocycles. The van der Waals surface area contributed by atoms with E-state index in [1.165, 1.54) is 89.7 Å². The van der Waals surface area contributed by atoms with Crippen molar-refractivity contribution in [3.63, 3.8) is 0 Å². The lowest BCUT2D eigenvalue weighted by atomic mass is 9.66. The van der Waals surface area contributed by atoms with Gasteiger partial charge in [-0.05, 0) is 0 Å². The zero-order chi connectivity index (χ0) is 13.5. The van der Waals surface area contributed by atoms with Crippen molar-refractivity contribution in [2.75, 3.05) is 0 Å². The first-order valence-corrected chi connectivity index (χ1v) is 8.89. The Labute approximate surface area is 121 Å². The van der Waals surface area contributed by atoms with Crippen LogP contribution in [0.2, 0.25) is 12.6 Å². The maximum absolute atomic E-state index is 6.36. The summed E-state index contributed by atoms with van der Waals surface area (Å²) in [5.74, 6) is 0. The summed E-state index contributed by atoms with van der Waals surface area (Å²) in [6.45, 7) is 4.55. The standard InChI is InChI=1S/C16H34BCl/c1-3-5-7-9-11-13-15-17(18)16-14-12-10-8-6-4-2/h3-16H2,1-2H3. The molecule has 0 atom stereocenters. The van der Waals surface area contributed by atoms with Gasteiger partial charge in [-0.1, -0.05) is 104 Å². The quantitative estimate of drug-likeness (QED) is 0.237. The summed E-state index contributed by atoms with van der Waals surface area (Å²) in [7, 11) is 0. The monoisotopic (exact) mass is 272 g/mol. The van der Waals surface area contributed by atoms with Crippen molar-refractivity contribution in [1.29, 1.82) is 0 Å². The fourth-order valence-electron chi connectivity index (χ4n) is 2.44. The number of hydrogen-bond donors (Lipinski definition) is 0. The highest BCUT2D eigenvalue weighted by molar-refractivity contribution is 7.06. The van der Waals surface area contributed by atoms with Crippen molar-refractivity contribution >= 4 is 17.6 Å². The van der Waals surface area contributed by atoms with Crippen molar-refractivity contribution in [2.45, 2.75) is 104 Å². The second-order valence-corrected chi connectivity index (χ2v) is 6.33. The Balaban J connectivity index is 3.10. The number of rotatable bonds is 14. The van der Waals surface area contributed by atoms with Crippen LogP contribution >= 0.6 is 11.5 Å². The topological polar surface area (TPSA) is 0 Å². The predicted molar refractivity (Wildman–Crippen MR) is 88.0 cm³/mol. The van der Waals surface area contributed by atoms with E-state index < -0.39 is 0 Å². The van der Waals surface area contributed by atoms with Crippen LogP contribution in [0.25, 0.3) is 0 Å². The van der Waals surface area contributed by atoms with E-state index in [4.69, 9.17) is 11.5 Å². The molecule has 0 N–H and O–H groups in total. The molecule has 0 aromatic carbocycles. The molecular weight excluding hydrogens is 238 g/mol. The Morgan fingerprint density at radius 2 is 0.889 bits per heavy atom. The summed E-state index contributed by atoms with van der Waals surface area (Å²) in [6, 6.07) is 0. The first kappa shape index (κ1) is 18.4. The summed E-state index contributed by atoms with van der Waals surface area (Å²) in [6.07, 6.45) is 19.5. The number of hydrogen-bond acceptors (Lipinski definition) is 0. The van der Waals surface area contributed by atoms with Crippen molar-refractivity contribution < 1.29 is 0 Å². The molecule has 0 aliphatic carbocycles. The van der Waals surface area contributed by atoms with E-state index in [1.807, 2.05) is 0 Å². The zero-order valence-electron chi connectivity index (χ0n) is 12.9. The van der Waals surface area contributed by atoms with E-state index in [9.17, 15) is 0 Å². The van der Waals surface area contributed by atoms with Gasteiger partial charge in [0.25, 0.3) is 6.13 Å². The molecule has 0 bridgehead atoms. The molecule has 0 rings (SSSR count). The maximum atomic E-state index is 6.36. The molecule has 2 heteroatoms. The molecule has 0 nitrogen and oxygen atoms in total. The third-order valence-electron chi connectivity index (χ3n) is 3.74. The highest BCUT2D eigenvalue weighted by Gasteiger charge is 2.08. The summed E-state index contributed by atoms with van der Waals surface area (Å²) in [5.41, 5.74) is 0. The van der Waals surface area contributed by atoms with Crippen LogP contribution < -0.4 is 0 Å². The molecule has 108 valence electrons. The molecule has 0 saturated heterocycles. The summed E-state index contributed by atoms with van der Waals surface area (Å²) in [5, 5.41) is 0. The van der Waals surface area contributed by atoms with Crippen LogP contribution in [0.5, 0.6) is 0 Å². The van der Waals surface area contributed by atoms with Gasteiger partial charge in [-0.15, -0.1) is 0 Å². The second kappa shape index (κ2) is 15.4. The lowest BCUT2D eigenvalue weighted by Crippen LogP contribution is -2.02. The van der Waals surface area contributed by atoms with Crippen LogP contribution in [0, 0.1) is 0 Å². The average Bonchev–Trinajstić information content (AvgIpc) is 2.38. The van der Waals surface area contributed by atoms with Crippen LogP contribution in [0.15, 0.2) is 0 Å². The van der Waals surface area contributed by atoms with E-state index in [2.05, 4.69) is 13.8 Å². The highest BCUT2D eigenvalue weighted by atomic mass is 35.5. The van der Waals surface area contributed by atoms with Gasteiger partial charge < -0.3 is 0 Å². The van der Waals surface area contributed by atoms with Gasteiger partial charge in [0, 0.05) is 0 Å². The van der Waals surface area contributed by atoms with E-state index in [-0.39, 0.29) is 0 Å². The van der Waals surface area contributed by atoms with E-state index in [0.29, 0.717) is 6.13 Å². The van der Waals surface area contributed by atoms with Crippen LogP contribution in [0.3, 0.4) is 0 Å². The average molecular weight is 273 g/mol. The Hall–Kier alpha value is 0.355. The zero-order valence-corrected chi connectivity index (χ0v) is 13.6. The van der Waals surface area contributed by atoms with Gasteiger partial charge in [0.05, 0.1) is 0 Å².